The van der Waals surface area contributed by atoms with Gasteiger partial charge in [-0.25, -0.2) is 0 Å². The Morgan fingerprint density at radius 2 is 2.00 bits per heavy atom. The third-order valence-corrected chi connectivity index (χ3v) is 3.90. The Balaban J connectivity index is 2.24. The summed E-state index contributed by atoms with van der Waals surface area (Å²) < 4.78 is 5.32. The van der Waals surface area contributed by atoms with Crippen molar-refractivity contribution in [1.82, 2.24) is 0 Å². The molecular formula is C16H21ClO2. The van der Waals surface area contributed by atoms with Crippen LogP contribution in [0.5, 0.6) is 5.75 Å². The maximum absolute atomic E-state index is 10.6. The Morgan fingerprint density at radius 1 is 1.21 bits per heavy atom. The molecule has 0 saturated carbocycles. The molecule has 0 heterocycles. The van der Waals surface area contributed by atoms with Crippen molar-refractivity contribution in [3.05, 3.63) is 40.4 Å². The van der Waals surface area contributed by atoms with Gasteiger partial charge >= 0.3 is 0 Å². The van der Waals surface area contributed by atoms with Gasteiger partial charge in [0.1, 0.15) is 11.9 Å². The van der Waals surface area contributed by atoms with Crippen molar-refractivity contribution in [3.8, 4) is 5.75 Å². The van der Waals surface area contributed by atoms with Crippen LogP contribution in [0.3, 0.4) is 0 Å². The van der Waals surface area contributed by atoms with Gasteiger partial charge in [-0.05, 0) is 43.4 Å². The molecule has 1 aliphatic carbocycles. The standard InChI is InChI=1S/C16H21ClO2/c1-19-15-11-13(17)9-10-14(15)16(18)12-7-5-3-2-4-6-8-12/h7,9-11,16,18H,2-6,8H2,1H3/b12-7+. The minimum Gasteiger partial charge on any atom is -0.496 e. The second kappa shape index (κ2) is 6.97. The Bertz CT molecular complexity index is 454. The van der Waals surface area contributed by atoms with Crippen LogP contribution in [0, 0.1) is 0 Å². The zero-order valence-electron chi connectivity index (χ0n) is 11.4. The average Bonchev–Trinajstić information content (AvgIpc) is 2.37. The fourth-order valence-corrected chi connectivity index (χ4v) is 2.74. The van der Waals surface area contributed by atoms with Crippen LogP contribution in [0.4, 0.5) is 0 Å². The molecule has 1 unspecified atom stereocenters. The summed E-state index contributed by atoms with van der Waals surface area (Å²) in [5.74, 6) is 0.656. The molecule has 0 bridgehead atoms. The van der Waals surface area contributed by atoms with Crippen molar-refractivity contribution in [1.29, 1.82) is 0 Å². The SMILES string of the molecule is COc1cc(Cl)ccc1C(O)/C1=C/CCCCCC1. The summed E-state index contributed by atoms with van der Waals surface area (Å²) in [5, 5.41) is 11.2. The van der Waals surface area contributed by atoms with E-state index in [4.69, 9.17) is 16.3 Å². The van der Waals surface area contributed by atoms with E-state index in [2.05, 4.69) is 6.08 Å². The van der Waals surface area contributed by atoms with Crippen LogP contribution in [0.25, 0.3) is 0 Å². The average molecular weight is 281 g/mol. The van der Waals surface area contributed by atoms with E-state index in [-0.39, 0.29) is 0 Å². The predicted octanol–water partition coefficient (Wildman–Crippen LogP) is 4.66. The molecule has 1 aromatic carbocycles. The second-order valence-electron chi connectivity index (χ2n) is 5.02. The molecule has 2 nitrogen and oxygen atoms in total. The first-order valence-corrected chi connectivity index (χ1v) is 7.30. The van der Waals surface area contributed by atoms with Gasteiger partial charge in [-0.15, -0.1) is 0 Å². The molecule has 0 saturated heterocycles. The van der Waals surface area contributed by atoms with E-state index in [1.807, 2.05) is 6.07 Å². The van der Waals surface area contributed by atoms with Crippen LogP contribution in [0.2, 0.25) is 5.02 Å². The molecule has 3 heteroatoms. The first kappa shape index (κ1) is 14.4. The second-order valence-corrected chi connectivity index (χ2v) is 5.46. The van der Waals surface area contributed by atoms with E-state index < -0.39 is 6.10 Å². The monoisotopic (exact) mass is 280 g/mol. The first-order valence-electron chi connectivity index (χ1n) is 6.93. The Kier molecular flexibility index (Phi) is 5.29. The summed E-state index contributed by atoms with van der Waals surface area (Å²) >= 11 is 5.96. The van der Waals surface area contributed by atoms with E-state index in [1.54, 1.807) is 19.2 Å². The van der Waals surface area contributed by atoms with Crippen LogP contribution < -0.4 is 4.74 Å². The lowest BCUT2D eigenvalue weighted by molar-refractivity contribution is 0.204. The molecule has 0 amide bonds. The van der Waals surface area contributed by atoms with Gasteiger partial charge in [-0.3, -0.25) is 0 Å². The zero-order valence-corrected chi connectivity index (χ0v) is 12.1. The van der Waals surface area contributed by atoms with Crippen LogP contribution >= 0.6 is 11.6 Å². The minimum absolute atomic E-state index is 0.578. The summed E-state index contributed by atoms with van der Waals surface area (Å²) in [4.78, 5) is 0. The molecule has 0 aliphatic heterocycles. The third-order valence-electron chi connectivity index (χ3n) is 3.67. The van der Waals surface area contributed by atoms with Crippen molar-refractivity contribution in [2.24, 2.45) is 0 Å². The van der Waals surface area contributed by atoms with Gasteiger partial charge in [-0.1, -0.05) is 36.6 Å². The summed E-state index contributed by atoms with van der Waals surface area (Å²) in [6.45, 7) is 0. The van der Waals surface area contributed by atoms with Crippen LogP contribution in [0.15, 0.2) is 29.8 Å². The number of halogens is 1. The minimum atomic E-state index is -0.578. The molecule has 104 valence electrons. The molecule has 19 heavy (non-hydrogen) atoms. The lowest BCUT2D eigenvalue weighted by Gasteiger charge is -2.20. The van der Waals surface area contributed by atoms with Crippen LogP contribution in [-0.4, -0.2) is 12.2 Å². The number of methoxy groups -OCH3 is 1. The van der Waals surface area contributed by atoms with E-state index in [9.17, 15) is 5.11 Å². The molecule has 0 spiro atoms. The Hall–Kier alpha value is -0.990. The fraction of sp³-hybridized carbons (Fsp3) is 0.500. The number of ether oxygens (including phenoxy) is 1. The van der Waals surface area contributed by atoms with E-state index in [0.717, 1.165) is 30.4 Å². The quantitative estimate of drug-likeness (QED) is 0.816. The molecule has 1 atom stereocenters. The van der Waals surface area contributed by atoms with E-state index >= 15 is 0 Å². The van der Waals surface area contributed by atoms with Crippen molar-refractivity contribution in [2.75, 3.05) is 7.11 Å². The van der Waals surface area contributed by atoms with Crippen molar-refractivity contribution in [3.63, 3.8) is 0 Å². The molecule has 0 fully saturated rings. The summed E-state index contributed by atoms with van der Waals surface area (Å²) in [6.07, 6.45) is 8.55. The summed E-state index contributed by atoms with van der Waals surface area (Å²) in [6, 6.07) is 5.40. The van der Waals surface area contributed by atoms with Gasteiger partial charge in [0.25, 0.3) is 0 Å². The van der Waals surface area contributed by atoms with E-state index in [1.165, 1.54) is 19.3 Å². The van der Waals surface area contributed by atoms with Gasteiger partial charge < -0.3 is 9.84 Å². The Labute approximate surface area is 120 Å². The highest BCUT2D eigenvalue weighted by Crippen LogP contribution is 2.35. The molecule has 1 aliphatic rings. The molecule has 1 aromatic rings. The van der Waals surface area contributed by atoms with Gasteiger partial charge in [-0.2, -0.15) is 0 Å². The third kappa shape index (κ3) is 3.74. The molecule has 1 N–H and O–H groups in total. The maximum Gasteiger partial charge on any atom is 0.126 e. The van der Waals surface area contributed by atoms with Crippen molar-refractivity contribution < 1.29 is 9.84 Å². The number of allylic oxidation sites excluding steroid dienone is 1. The molecule has 0 aromatic heterocycles. The lowest BCUT2D eigenvalue weighted by atomic mass is 9.92. The maximum atomic E-state index is 10.6. The van der Waals surface area contributed by atoms with E-state index in [0.29, 0.717) is 10.8 Å². The van der Waals surface area contributed by atoms with Gasteiger partial charge in [0.2, 0.25) is 0 Å². The fourth-order valence-electron chi connectivity index (χ4n) is 2.58. The number of aliphatic hydroxyl groups is 1. The van der Waals surface area contributed by atoms with Gasteiger partial charge in [0, 0.05) is 10.6 Å². The zero-order chi connectivity index (χ0) is 13.7. The van der Waals surface area contributed by atoms with Gasteiger partial charge in [0.05, 0.1) is 7.11 Å². The number of hydrogen-bond donors (Lipinski definition) is 1. The highest BCUT2D eigenvalue weighted by Gasteiger charge is 2.18. The number of aliphatic hydroxyl groups excluding tert-OH is 1. The number of rotatable bonds is 3. The number of benzene rings is 1. The lowest BCUT2D eigenvalue weighted by Crippen LogP contribution is -2.05. The van der Waals surface area contributed by atoms with Crippen molar-refractivity contribution >= 4 is 11.6 Å². The van der Waals surface area contributed by atoms with Crippen molar-refractivity contribution in [2.45, 2.75) is 44.6 Å². The summed E-state index contributed by atoms with van der Waals surface area (Å²) in [5.41, 5.74) is 1.92. The smallest absolute Gasteiger partial charge is 0.126 e. The Morgan fingerprint density at radius 3 is 2.79 bits per heavy atom. The first-order chi connectivity index (χ1) is 9.22. The molecule has 2 rings (SSSR count). The predicted molar refractivity (Wildman–Crippen MR) is 78.7 cm³/mol. The van der Waals surface area contributed by atoms with Gasteiger partial charge in [0.15, 0.2) is 0 Å². The molecule has 0 radical (unpaired) electrons. The largest absolute Gasteiger partial charge is 0.496 e. The molecular weight excluding hydrogens is 260 g/mol. The summed E-state index contributed by atoms with van der Waals surface area (Å²) in [7, 11) is 1.61. The number of hydrogen-bond acceptors (Lipinski definition) is 2. The normalized spacial score (nSPS) is 20.9. The van der Waals surface area contributed by atoms with Crippen LogP contribution in [0.1, 0.15) is 50.2 Å². The topological polar surface area (TPSA) is 29.5 Å². The highest BCUT2D eigenvalue weighted by atomic mass is 35.5. The highest BCUT2D eigenvalue weighted by molar-refractivity contribution is 6.30. The van der Waals surface area contributed by atoms with Crippen LogP contribution in [-0.2, 0) is 0 Å².